The van der Waals surface area contributed by atoms with Gasteiger partial charge in [-0.25, -0.2) is 12.8 Å². The number of benzene rings is 2. The Hall–Kier alpha value is -2.76. The van der Waals surface area contributed by atoms with Crippen LogP contribution in [0.2, 0.25) is 0 Å². The first-order valence-electron chi connectivity index (χ1n) is 11.5. The zero-order valence-corrected chi connectivity index (χ0v) is 20.2. The Labute approximate surface area is 199 Å². The third-order valence-electron chi connectivity index (χ3n) is 6.66. The third-order valence-corrected chi connectivity index (χ3v) is 8.69. The highest BCUT2D eigenvalue weighted by Gasteiger charge is 2.36. The fourth-order valence-electron chi connectivity index (χ4n) is 4.73. The molecule has 11 heteroatoms. The quantitative estimate of drug-likeness (QED) is 0.453. The standard InChI is InChI=1S/C23H30FN5O4S/c1-3-25-9-11-26(12-10-25)21-16-22(23(29(30)31)15-20(21)24)27-13-14-28(18(2)17-27)34(32,33)19-7-5-4-6-8-19/h4-8,15-16,18H,3,9-14,17H2,1-2H3/t18-/m0/s1. The normalized spacial score (nSPS) is 20.5. The van der Waals surface area contributed by atoms with Crippen LogP contribution in [0.1, 0.15) is 13.8 Å². The number of halogens is 1. The first kappa shape index (κ1) is 24.4. The molecule has 0 radical (unpaired) electrons. The van der Waals surface area contributed by atoms with Crippen molar-refractivity contribution in [1.82, 2.24) is 9.21 Å². The van der Waals surface area contributed by atoms with Crippen LogP contribution in [0.5, 0.6) is 0 Å². The molecule has 0 unspecified atom stereocenters. The van der Waals surface area contributed by atoms with E-state index >= 15 is 0 Å². The van der Waals surface area contributed by atoms with Crippen molar-refractivity contribution in [2.45, 2.75) is 24.8 Å². The summed E-state index contributed by atoms with van der Waals surface area (Å²) in [6.45, 7) is 8.39. The Morgan fingerprint density at radius 1 is 1.00 bits per heavy atom. The number of nitro benzene ring substituents is 1. The minimum absolute atomic E-state index is 0.178. The summed E-state index contributed by atoms with van der Waals surface area (Å²) in [4.78, 5) is 17.4. The molecule has 2 aromatic carbocycles. The van der Waals surface area contributed by atoms with Gasteiger partial charge in [-0.05, 0) is 31.7 Å². The van der Waals surface area contributed by atoms with Crippen LogP contribution in [-0.4, -0.2) is 80.9 Å². The zero-order chi connectivity index (χ0) is 24.5. The Bertz CT molecular complexity index is 1140. The monoisotopic (exact) mass is 491 g/mol. The van der Waals surface area contributed by atoms with Crippen molar-refractivity contribution in [2.24, 2.45) is 0 Å². The minimum atomic E-state index is -3.68. The Morgan fingerprint density at radius 3 is 2.24 bits per heavy atom. The summed E-state index contributed by atoms with van der Waals surface area (Å²) in [5.41, 5.74) is 0.367. The molecule has 0 N–H and O–H groups in total. The van der Waals surface area contributed by atoms with Gasteiger partial charge < -0.3 is 14.7 Å². The van der Waals surface area contributed by atoms with Crippen molar-refractivity contribution >= 4 is 27.1 Å². The van der Waals surface area contributed by atoms with Crippen molar-refractivity contribution in [3.8, 4) is 0 Å². The summed E-state index contributed by atoms with van der Waals surface area (Å²) >= 11 is 0. The number of anilines is 2. The molecule has 9 nitrogen and oxygen atoms in total. The summed E-state index contributed by atoms with van der Waals surface area (Å²) < 4.78 is 42.6. The molecule has 0 saturated carbocycles. The number of sulfonamides is 1. The van der Waals surface area contributed by atoms with E-state index in [-0.39, 0.29) is 30.2 Å². The van der Waals surface area contributed by atoms with Gasteiger partial charge in [0.25, 0.3) is 5.69 Å². The van der Waals surface area contributed by atoms with Crippen molar-refractivity contribution in [1.29, 1.82) is 0 Å². The number of rotatable bonds is 6. The van der Waals surface area contributed by atoms with E-state index in [1.54, 1.807) is 48.2 Å². The predicted molar refractivity (Wildman–Crippen MR) is 129 cm³/mol. The molecular formula is C23H30FN5O4S. The van der Waals surface area contributed by atoms with Gasteiger partial charge in [0.05, 0.1) is 21.6 Å². The van der Waals surface area contributed by atoms with Crippen LogP contribution in [0.25, 0.3) is 0 Å². The molecule has 0 amide bonds. The van der Waals surface area contributed by atoms with Crippen molar-refractivity contribution < 1.29 is 17.7 Å². The van der Waals surface area contributed by atoms with E-state index in [4.69, 9.17) is 0 Å². The first-order valence-corrected chi connectivity index (χ1v) is 12.9. The maximum absolute atomic E-state index is 14.9. The molecule has 2 saturated heterocycles. The number of piperazine rings is 2. The van der Waals surface area contributed by atoms with Crippen molar-refractivity contribution in [2.75, 3.05) is 62.2 Å². The van der Waals surface area contributed by atoms with E-state index in [9.17, 15) is 22.9 Å². The molecular weight excluding hydrogens is 461 g/mol. The lowest BCUT2D eigenvalue weighted by Crippen LogP contribution is -2.54. The number of nitrogens with zero attached hydrogens (tertiary/aromatic N) is 5. The minimum Gasteiger partial charge on any atom is -0.367 e. The van der Waals surface area contributed by atoms with Gasteiger partial charge in [0.15, 0.2) is 5.82 Å². The molecule has 2 fully saturated rings. The number of hydrogen-bond acceptors (Lipinski definition) is 7. The highest BCUT2D eigenvalue weighted by molar-refractivity contribution is 7.89. The fourth-order valence-corrected chi connectivity index (χ4v) is 6.37. The highest BCUT2D eigenvalue weighted by Crippen LogP contribution is 2.37. The van der Waals surface area contributed by atoms with E-state index in [2.05, 4.69) is 11.8 Å². The first-order chi connectivity index (χ1) is 16.2. The lowest BCUT2D eigenvalue weighted by atomic mass is 10.1. The lowest BCUT2D eigenvalue weighted by molar-refractivity contribution is -0.384. The molecule has 0 aliphatic carbocycles. The summed E-state index contributed by atoms with van der Waals surface area (Å²) in [7, 11) is -3.68. The molecule has 1 atom stereocenters. The molecule has 0 spiro atoms. The van der Waals surface area contributed by atoms with Gasteiger partial charge in [-0.3, -0.25) is 10.1 Å². The molecule has 2 heterocycles. The van der Waals surface area contributed by atoms with Gasteiger partial charge in [0, 0.05) is 51.9 Å². The lowest BCUT2D eigenvalue weighted by Gasteiger charge is -2.40. The van der Waals surface area contributed by atoms with E-state index in [0.29, 0.717) is 24.5 Å². The second-order valence-electron chi connectivity index (χ2n) is 8.69. The van der Waals surface area contributed by atoms with Crippen LogP contribution in [0.15, 0.2) is 47.4 Å². The van der Waals surface area contributed by atoms with Crippen LogP contribution in [-0.2, 0) is 10.0 Å². The molecule has 34 heavy (non-hydrogen) atoms. The van der Waals surface area contributed by atoms with Crippen LogP contribution in [0, 0.1) is 15.9 Å². The van der Waals surface area contributed by atoms with Gasteiger partial charge >= 0.3 is 0 Å². The average molecular weight is 492 g/mol. The van der Waals surface area contributed by atoms with Crippen LogP contribution in [0.3, 0.4) is 0 Å². The van der Waals surface area contributed by atoms with E-state index in [0.717, 1.165) is 25.7 Å². The maximum Gasteiger partial charge on any atom is 0.295 e. The van der Waals surface area contributed by atoms with Gasteiger partial charge in [-0.15, -0.1) is 0 Å². The second-order valence-corrected chi connectivity index (χ2v) is 10.6. The smallest absolute Gasteiger partial charge is 0.295 e. The molecule has 4 rings (SSSR count). The van der Waals surface area contributed by atoms with Crippen LogP contribution < -0.4 is 9.80 Å². The van der Waals surface area contributed by atoms with E-state index in [1.807, 2.05) is 4.90 Å². The molecule has 184 valence electrons. The Balaban J connectivity index is 1.60. The predicted octanol–water partition coefficient (Wildman–Crippen LogP) is 2.78. The van der Waals surface area contributed by atoms with E-state index < -0.39 is 26.8 Å². The molecule has 0 bridgehead atoms. The SMILES string of the molecule is CCN1CCN(c2cc(N3CCN(S(=O)(=O)c4ccccc4)[C@@H](C)C3)c([N+](=O)[O-])cc2F)CC1. The van der Waals surface area contributed by atoms with Gasteiger partial charge in [0.1, 0.15) is 5.69 Å². The maximum atomic E-state index is 14.9. The second kappa shape index (κ2) is 9.85. The fraction of sp³-hybridized carbons (Fsp3) is 0.478. The largest absolute Gasteiger partial charge is 0.367 e. The average Bonchev–Trinajstić information content (AvgIpc) is 2.84. The van der Waals surface area contributed by atoms with E-state index in [1.165, 1.54) is 4.31 Å². The van der Waals surface area contributed by atoms with Crippen LogP contribution in [0.4, 0.5) is 21.5 Å². The van der Waals surface area contributed by atoms with Gasteiger partial charge in [0.2, 0.25) is 10.0 Å². The Kier molecular flexibility index (Phi) is 7.06. The van der Waals surface area contributed by atoms with Gasteiger partial charge in [-0.2, -0.15) is 4.31 Å². The van der Waals surface area contributed by atoms with Crippen molar-refractivity contribution in [3.05, 3.63) is 58.4 Å². The zero-order valence-electron chi connectivity index (χ0n) is 19.4. The number of likely N-dealkylation sites (N-methyl/N-ethyl adjacent to an activating group) is 1. The summed E-state index contributed by atoms with van der Waals surface area (Å²) in [5.74, 6) is -0.612. The summed E-state index contributed by atoms with van der Waals surface area (Å²) in [6, 6.07) is 10.4. The number of hydrogen-bond donors (Lipinski definition) is 0. The Morgan fingerprint density at radius 2 is 1.65 bits per heavy atom. The summed E-state index contributed by atoms with van der Waals surface area (Å²) in [6.07, 6.45) is 0. The van der Waals surface area contributed by atoms with Crippen LogP contribution >= 0.6 is 0 Å². The highest BCUT2D eigenvalue weighted by atomic mass is 32.2. The third kappa shape index (κ3) is 4.73. The molecule has 0 aromatic heterocycles. The molecule has 2 aliphatic rings. The van der Waals surface area contributed by atoms with Gasteiger partial charge in [-0.1, -0.05) is 25.1 Å². The molecule has 2 aliphatic heterocycles. The topological polar surface area (TPSA) is 90.2 Å². The van der Waals surface area contributed by atoms with Crippen molar-refractivity contribution in [3.63, 3.8) is 0 Å². The summed E-state index contributed by atoms with van der Waals surface area (Å²) in [5, 5.41) is 11.8. The number of nitro groups is 1. The molecule has 2 aromatic rings.